The highest BCUT2D eigenvalue weighted by molar-refractivity contribution is 5.97. The molecule has 0 radical (unpaired) electrons. The van der Waals surface area contributed by atoms with Crippen LogP contribution in [0.4, 0.5) is 5.69 Å². The number of fused-ring (bicyclic) bond motifs is 2. The van der Waals surface area contributed by atoms with Crippen molar-refractivity contribution >= 4 is 23.5 Å². The van der Waals surface area contributed by atoms with Gasteiger partial charge in [0.2, 0.25) is 11.8 Å². The summed E-state index contributed by atoms with van der Waals surface area (Å²) in [5.41, 5.74) is 2.83. The highest BCUT2D eigenvalue weighted by atomic mass is 16.5. The molecule has 2 fully saturated rings. The SMILES string of the molecule is COc1ccc(CC(=O)N2c3ccccc3C(N(C(=O)CCC(=O)O)C3CC3)C3CCCC32)cc1. The van der Waals surface area contributed by atoms with E-state index >= 15 is 0 Å². The number of hydrogen-bond acceptors (Lipinski definition) is 4. The minimum absolute atomic E-state index is 0.0159. The Hall–Kier alpha value is -3.35. The van der Waals surface area contributed by atoms with E-state index in [1.807, 2.05) is 58.3 Å². The van der Waals surface area contributed by atoms with Crippen LogP contribution in [0, 0.1) is 5.92 Å². The number of carboxylic acid groups (broad SMARTS) is 1. The monoisotopic (exact) mass is 476 g/mol. The number of ether oxygens (including phenoxy) is 1. The molecule has 2 aliphatic carbocycles. The van der Waals surface area contributed by atoms with Crippen LogP contribution in [0.3, 0.4) is 0 Å². The smallest absolute Gasteiger partial charge is 0.303 e. The van der Waals surface area contributed by atoms with E-state index in [0.717, 1.165) is 54.7 Å². The molecule has 184 valence electrons. The van der Waals surface area contributed by atoms with Crippen molar-refractivity contribution in [1.82, 2.24) is 4.90 Å². The molecule has 0 spiro atoms. The fourth-order valence-electron chi connectivity index (χ4n) is 5.98. The zero-order chi connectivity index (χ0) is 24.5. The standard InChI is InChI=1S/C28H32N2O5/c1-35-20-13-9-18(10-14-20)17-26(32)30-23-7-3-2-5-21(23)28(22-6-4-8-24(22)30)29(19-11-12-19)25(31)15-16-27(33)34/h2-3,5,7,9-10,13-14,19,22,24,28H,4,6,8,11-12,15-17H2,1H3,(H,33,34). The molecule has 1 aliphatic heterocycles. The number of carbonyl (C=O) groups excluding carboxylic acids is 2. The summed E-state index contributed by atoms with van der Waals surface area (Å²) in [7, 11) is 1.62. The fraction of sp³-hybridized carbons (Fsp3) is 0.464. The van der Waals surface area contributed by atoms with Gasteiger partial charge < -0.3 is 19.6 Å². The Bertz CT molecular complexity index is 1110. The predicted molar refractivity (Wildman–Crippen MR) is 131 cm³/mol. The summed E-state index contributed by atoms with van der Waals surface area (Å²) < 4.78 is 5.24. The van der Waals surface area contributed by atoms with Crippen molar-refractivity contribution in [2.45, 2.75) is 69.5 Å². The Labute approximate surface area is 205 Å². The molecule has 0 bridgehead atoms. The topological polar surface area (TPSA) is 87.2 Å². The molecule has 7 heteroatoms. The van der Waals surface area contributed by atoms with Crippen LogP contribution < -0.4 is 9.64 Å². The summed E-state index contributed by atoms with van der Waals surface area (Å²) in [6, 6.07) is 15.7. The normalized spacial score (nSPS) is 22.8. The van der Waals surface area contributed by atoms with Gasteiger partial charge in [0.1, 0.15) is 5.75 Å². The molecular formula is C28H32N2O5. The third-order valence-electron chi connectivity index (χ3n) is 7.65. The van der Waals surface area contributed by atoms with Crippen LogP contribution in [0.1, 0.15) is 62.1 Å². The maximum absolute atomic E-state index is 13.7. The average molecular weight is 477 g/mol. The number of carbonyl (C=O) groups is 3. The zero-order valence-corrected chi connectivity index (χ0v) is 20.1. The number of anilines is 1. The molecule has 7 nitrogen and oxygen atoms in total. The van der Waals surface area contributed by atoms with Gasteiger partial charge in [0.25, 0.3) is 0 Å². The van der Waals surface area contributed by atoms with Crippen molar-refractivity contribution in [3.63, 3.8) is 0 Å². The number of para-hydroxylation sites is 1. The molecule has 1 N–H and O–H groups in total. The van der Waals surface area contributed by atoms with Crippen molar-refractivity contribution in [2.75, 3.05) is 12.0 Å². The number of aliphatic carboxylic acids is 1. The van der Waals surface area contributed by atoms with Gasteiger partial charge in [0.15, 0.2) is 0 Å². The summed E-state index contributed by atoms with van der Waals surface area (Å²) in [5, 5.41) is 9.14. The molecule has 0 aromatic heterocycles. The zero-order valence-electron chi connectivity index (χ0n) is 20.1. The number of rotatable bonds is 8. The van der Waals surface area contributed by atoms with E-state index in [1.54, 1.807) is 7.11 Å². The second-order valence-corrected chi connectivity index (χ2v) is 9.88. The van der Waals surface area contributed by atoms with Crippen LogP contribution in [0.2, 0.25) is 0 Å². The number of nitrogens with zero attached hydrogens (tertiary/aromatic N) is 2. The lowest BCUT2D eigenvalue weighted by Gasteiger charge is -2.48. The number of amides is 2. The van der Waals surface area contributed by atoms with Gasteiger partial charge in [-0.2, -0.15) is 0 Å². The van der Waals surface area contributed by atoms with Crippen LogP contribution in [0.25, 0.3) is 0 Å². The van der Waals surface area contributed by atoms with E-state index < -0.39 is 5.97 Å². The highest BCUT2D eigenvalue weighted by Gasteiger charge is 2.51. The van der Waals surface area contributed by atoms with Gasteiger partial charge in [-0.3, -0.25) is 14.4 Å². The molecule has 3 unspecified atom stereocenters. The van der Waals surface area contributed by atoms with Gasteiger partial charge in [0, 0.05) is 30.1 Å². The molecule has 3 aliphatic rings. The molecule has 3 atom stereocenters. The second kappa shape index (κ2) is 9.72. The molecule has 35 heavy (non-hydrogen) atoms. The molecular weight excluding hydrogens is 444 g/mol. The van der Waals surface area contributed by atoms with Crippen LogP contribution in [-0.4, -0.2) is 47.0 Å². The molecule has 2 saturated carbocycles. The minimum Gasteiger partial charge on any atom is -0.497 e. The van der Waals surface area contributed by atoms with Crippen LogP contribution in [-0.2, 0) is 20.8 Å². The van der Waals surface area contributed by atoms with E-state index in [4.69, 9.17) is 9.84 Å². The largest absolute Gasteiger partial charge is 0.497 e. The van der Waals surface area contributed by atoms with Crippen molar-refractivity contribution in [1.29, 1.82) is 0 Å². The minimum atomic E-state index is -0.952. The first-order chi connectivity index (χ1) is 17.0. The summed E-state index contributed by atoms with van der Waals surface area (Å²) in [4.78, 5) is 42.1. The number of carboxylic acids is 1. The van der Waals surface area contributed by atoms with E-state index in [0.29, 0.717) is 6.42 Å². The summed E-state index contributed by atoms with van der Waals surface area (Å²) in [6.07, 6.45) is 4.93. The lowest BCUT2D eigenvalue weighted by atomic mass is 9.81. The maximum Gasteiger partial charge on any atom is 0.303 e. The first kappa shape index (κ1) is 23.4. The number of benzene rings is 2. The fourth-order valence-corrected chi connectivity index (χ4v) is 5.98. The lowest BCUT2D eigenvalue weighted by molar-refractivity contribution is -0.142. The lowest BCUT2D eigenvalue weighted by Crippen LogP contribution is -2.53. The quantitative estimate of drug-likeness (QED) is 0.612. The van der Waals surface area contributed by atoms with E-state index in [-0.39, 0.29) is 48.7 Å². The summed E-state index contributed by atoms with van der Waals surface area (Å²) in [6.45, 7) is 0. The molecule has 2 aromatic carbocycles. The number of hydrogen-bond donors (Lipinski definition) is 1. The van der Waals surface area contributed by atoms with Gasteiger partial charge in [0.05, 0.1) is 26.0 Å². The molecule has 0 saturated heterocycles. The Morgan fingerprint density at radius 2 is 1.74 bits per heavy atom. The first-order valence-corrected chi connectivity index (χ1v) is 12.5. The Morgan fingerprint density at radius 1 is 1.00 bits per heavy atom. The predicted octanol–water partition coefficient (Wildman–Crippen LogP) is 4.35. The van der Waals surface area contributed by atoms with Crippen LogP contribution in [0.15, 0.2) is 48.5 Å². The van der Waals surface area contributed by atoms with Crippen molar-refractivity contribution < 1.29 is 24.2 Å². The summed E-state index contributed by atoms with van der Waals surface area (Å²) in [5.74, 6) is -0.0614. The Balaban J connectivity index is 1.48. The van der Waals surface area contributed by atoms with Crippen LogP contribution >= 0.6 is 0 Å². The van der Waals surface area contributed by atoms with E-state index in [9.17, 15) is 14.4 Å². The Kier molecular flexibility index (Phi) is 6.50. The van der Waals surface area contributed by atoms with E-state index in [2.05, 4.69) is 0 Å². The average Bonchev–Trinajstić information content (AvgIpc) is 3.58. The van der Waals surface area contributed by atoms with Gasteiger partial charge in [-0.25, -0.2) is 0 Å². The van der Waals surface area contributed by atoms with Gasteiger partial charge in [-0.1, -0.05) is 36.8 Å². The van der Waals surface area contributed by atoms with Gasteiger partial charge in [-0.05, 0) is 55.0 Å². The maximum atomic E-state index is 13.7. The molecule has 2 aromatic rings. The number of methoxy groups -OCH3 is 1. The van der Waals surface area contributed by atoms with E-state index in [1.165, 1.54) is 0 Å². The van der Waals surface area contributed by atoms with Crippen molar-refractivity contribution in [3.8, 4) is 5.75 Å². The van der Waals surface area contributed by atoms with Crippen molar-refractivity contribution in [3.05, 3.63) is 59.7 Å². The van der Waals surface area contributed by atoms with Gasteiger partial charge in [-0.15, -0.1) is 0 Å². The first-order valence-electron chi connectivity index (χ1n) is 12.5. The third kappa shape index (κ3) is 4.64. The highest BCUT2D eigenvalue weighted by Crippen LogP contribution is 2.52. The Morgan fingerprint density at radius 3 is 2.43 bits per heavy atom. The third-order valence-corrected chi connectivity index (χ3v) is 7.65. The second-order valence-electron chi connectivity index (χ2n) is 9.88. The van der Waals surface area contributed by atoms with Crippen molar-refractivity contribution in [2.24, 2.45) is 5.92 Å². The van der Waals surface area contributed by atoms with Crippen LogP contribution in [0.5, 0.6) is 5.75 Å². The molecule has 5 rings (SSSR count). The molecule has 1 heterocycles. The van der Waals surface area contributed by atoms with Gasteiger partial charge >= 0.3 is 5.97 Å². The summed E-state index contributed by atoms with van der Waals surface area (Å²) >= 11 is 0. The molecule has 2 amide bonds.